The number of H-pyrrole nitrogens is 1. The van der Waals surface area contributed by atoms with Gasteiger partial charge in [0.05, 0.1) is 24.7 Å². The molecule has 2 rings (SSSR count). The number of nitrogens with two attached hydrogens (primary N) is 1. The molecule has 0 saturated heterocycles. The zero-order chi connectivity index (χ0) is 17.2. The van der Waals surface area contributed by atoms with Crippen molar-refractivity contribution < 1.29 is 19.4 Å². The fourth-order valence-corrected chi connectivity index (χ4v) is 1.91. The average Bonchev–Trinajstić information content (AvgIpc) is 2.85. The minimum atomic E-state index is -0.684. The van der Waals surface area contributed by atoms with Crippen LogP contribution >= 0.6 is 0 Å². The maximum Gasteiger partial charge on any atom is 0.412 e. The van der Waals surface area contributed by atoms with Crippen LogP contribution in [-0.4, -0.2) is 33.9 Å². The minimum Gasteiger partial charge on any atom is -0.503 e. The molecule has 0 saturated carbocycles. The molecule has 8 heteroatoms. The molecule has 23 heavy (non-hydrogen) atoms. The number of nitrogens with one attached hydrogen (secondary N) is 2. The van der Waals surface area contributed by atoms with Crippen LogP contribution in [0.2, 0.25) is 0 Å². The number of nitrogens with zero attached hydrogens (tertiary/aromatic N) is 1. The summed E-state index contributed by atoms with van der Waals surface area (Å²) >= 11 is 0. The molecule has 8 nitrogen and oxygen atoms in total. The fourth-order valence-electron chi connectivity index (χ4n) is 1.91. The predicted molar refractivity (Wildman–Crippen MR) is 86.5 cm³/mol. The molecule has 0 spiro atoms. The number of aromatic nitrogens is 2. The van der Waals surface area contributed by atoms with Crippen molar-refractivity contribution in [3.8, 4) is 22.8 Å². The number of phenolic OH excluding ortho intramolecular Hbond substituents is 1. The van der Waals surface area contributed by atoms with Crippen molar-refractivity contribution in [3.63, 3.8) is 0 Å². The second-order valence-corrected chi connectivity index (χ2v) is 5.88. The Morgan fingerprint density at radius 2 is 2.09 bits per heavy atom. The van der Waals surface area contributed by atoms with Crippen molar-refractivity contribution in [2.45, 2.75) is 26.4 Å². The van der Waals surface area contributed by atoms with Crippen molar-refractivity contribution in [2.75, 3.05) is 18.2 Å². The van der Waals surface area contributed by atoms with Gasteiger partial charge >= 0.3 is 6.09 Å². The number of anilines is 2. The highest BCUT2D eigenvalue weighted by Crippen LogP contribution is 2.38. The van der Waals surface area contributed by atoms with Gasteiger partial charge in [0.15, 0.2) is 17.4 Å². The maximum atomic E-state index is 11.9. The predicted octanol–water partition coefficient (Wildman–Crippen LogP) is 2.72. The molecule has 1 aromatic carbocycles. The van der Waals surface area contributed by atoms with Gasteiger partial charge in [0.2, 0.25) is 0 Å². The summed E-state index contributed by atoms with van der Waals surface area (Å²) in [6.07, 6.45) is 0.856. The summed E-state index contributed by atoms with van der Waals surface area (Å²) in [5.74, 6) is 0.255. The Morgan fingerprint density at radius 1 is 1.39 bits per heavy atom. The Morgan fingerprint density at radius 3 is 2.61 bits per heavy atom. The average molecular weight is 320 g/mol. The second kappa shape index (κ2) is 6.07. The number of phenols is 1. The van der Waals surface area contributed by atoms with Crippen molar-refractivity contribution in [2.24, 2.45) is 0 Å². The van der Waals surface area contributed by atoms with E-state index in [-0.39, 0.29) is 23.1 Å². The van der Waals surface area contributed by atoms with Gasteiger partial charge in [0.1, 0.15) is 5.60 Å². The van der Waals surface area contributed by atoms with Crippen LogP contribution < -0.4 is 15.8 Å². The first-order chi connectivity index (χ1) is 10.7. The number of benzene rings is 1. The number of aromatic hydroxyl groups is 1. The van der Waals surface area contributed by atoms with Gasteiger partial charge in [-0.3, -0.25) is 5.32 Å². The van der Waals surface area contributed by atoms with E-state index >= 15 is 0 Å². The van der Waals surface area contributed by atoms with E-state index in [9.17, 15) is 9.90 Å². The number of aromatic amines is 1. The molecule has 0 atom stereocenters. The number of ether oxygens (including phenoxy) is 2. The van der Waals surface area contributed by atoms with Crippen LogP contribution in [0.25, 0.3) is 11.3 Å². The zero-order valence-electron chi connectivity index (χ0n) is 13.4. The van der Waals surface area contributed by atoms with Gasteiger partial charge in [-0.15, -0.1) is 0 Å². The third-order valence-electron chi connectivity index (χ3n) is 2.84. The molecule has 124 valence electrons. The summed E-state index contributed by atoms with van der Waals surface area (Å²) in [5, 5.41) is 12.7. The van der Waals surface area contributed by atoms with Crippen LogP contribution in [0.5, 0.6) is 11.5 Å². The summed E-state index contributed by atoms with van der Waals surface area (Å²) in [6.45, 7) is 5.24. The molecular formula is C15H20N4O4. The Kier molecular flexibility index (Phi) is 4.35. The SMILES string of the molecule is COc1cc(-c2cnc(N)[nH]2)cc(NC(=O)OC(C)(C)C)c1O. The molecular weight excluding hydrogens is 300 g/mol. The molecule has 2 aromatic rings. The normalized spacial score (nSPS) is 11.1. The van der Waals surface area contributed by atoms with E-state index in [0.29, 0.717) is 11.3 Å². The van der Waals surface area contributed by atoms with Gasteiger partial charge in [0, 0.05) is 5.56 Å². The smallest absolute Gasteiger partial charge is 0.412 e. The first-order valence-electron chi connectivity index (χ1n) is 6.91. The largest absolute Gasteiger partial charge is 0.503 e. The number of carbonyl (C=O) groups is 1. The summed E-state index contributed by atoms with van der Waals surface area (Å²) in [4.78, 5) is 18.7. The van der Waals surface area contributed by atoms with Crippen LogP contribution in [0.4, 0.5) is 16.4 Å². The van der Waals surface area contributed by atoms with E-state index in [0.717, 1.165) is 0 Å². The molecule has 0 bridgehead atoms. The Balaban J connectivity index is 2.36. The highest BCUT2D eigenvalue weighted by atomic mass is 16.6. The number of imidazole rings is 1. The van der Waals surface area contributed by atoms with E-state index < -0.39 is 11.7 Å². The highest BCUT2D eigenvalue weighted by molar-refractivity contribution is 5.89. The van der Waals surface area contributed by atoms with Crippen LogP contribution in [0.1, 0.15) is 20.8 Å². The quantitative estimate of drug-likeness (QED) is 0.645. The van der Waals surface area contributed by atoms with E-state index in [1.165, 1.54) is 7.11 Å². The lowest BCUT2D eigenvalue weighted by atomic mass is 10.1. The van der Waals surface area contributed by atoms with E-state index in [4.69, 9.17) is 15.2 Å². The summed E-state index contributed by atoms with van der Waals surface area (Å²) in [6, 6.07) is 3.16. The van der Waals surface area contributed by atoms with Crippen LogP contribution in [0, 0.1) is 0 Å². The van der Waals surface area contributed by atoms with Crippen LogP contribution in [0.15, 0.2) is 18.3 Å². The molecule has 1 amide bonds. The van der Waals surface area contributed by atoms with E-state index in [1.807, 2.05) is 0 Å². The van der Waals surface area contributed by atoms with Crippen LogP contribution in [0.3, 0.4) is 0 Å². The number of hydrogen-bond acceptors (Lipinski definition) is 6. The summed E-state index contributed by atoms with van der Waals surface area (Å²) < 4.78 is 10.3. The van der Waals surface area contributed by atoms with Crippen LogP contribution in [-0.2, 0) is 4.74 Å². The third kappa shape index (κ3) is 4.06. The van der Waals surface area contributed by atoms with Crippen molar-refractivity contribution in [1.29, 1.82) is 0 Å². The fraction of sp³-hybridized carbons (Fsp3) is 0.333. The number of carbonyl (C=O) groups excluding carboxylic acids is 1. The van der Waals surface area contributed by atoms with E-state index in [2.05, 4.69) is 15.3 Å². The lowest BCUT2D eigenvalue weighted by Gasteiger charge is -2.20. The minimum absolute atomic E-state index is 0.154. The summed E-state index contributed by atoms with van der Waals surface area (Å²) in [7, 11) is 1.41. The molecule has 0 aliphatic rings. The molecule has 0 unspecified atom stereocenters. The highest BCUT2D eigenvalue weighted by Gasteiger charge is 2.19. The molecule has 1 heterocycles. The number of methoxy groups -OCH3 is 1. The lowest BCUT2D eigenvalue weighted by Crippen LogP contribution is -2.27. The number of rotatable bonds is 3. The second-order valence-electron chi connectivity index (χ2n) is 5.88. The van der Waals surface area contributed by atoms with Gasteiger partial charge in [0.25, 0.3) is 0 Å². The zero-order valence-corrected chi connectivity index (χ0v) is 13.4. The standard InChI is InChI=1S/C15H20N4O4/c1-15(2,3)23-14(21)19-9-5-8(6-11(22-4)12(9)20)10-7-17-13(16)18-10/h5-7,20H,1-4H3,(H,19,21)(H3,16,17,18). The molecule has 0 radical (unpaired) electrons. The molecule has 5 N–H and O–H groups in total. The maximum absolute atomic E-state index is 11.9. The first kappa shape index (κ1) is 16.5. The van der Waals surface area contributed by atoms with Crippen molar-refractivity contribution in [3.05, 3.63) is 18.3 Å². The monoisotopic (exact) mass is 320 g/mol. The number of amides is 1. The number of nitrogen functional groups attached to an aromatic ring is 1. The molecule has 0 aliphatic carbocycles. The first-order valence-corrected chi connectivity index (χ1v) is 6.91. The van der Waals surface area contributed by atoms with Gasteiger partial charge < -0.3 is 25.3 Å². The van der Waals surface area contributed by atoms with Gasteiger partial charge in [-0.05, 0) is 32.9 Å². The summed E-state index contributed by atoms with van der Waals surface area (Å²) in [5.41, 5.74) is 6.32. The molecule has 0 aliphatic heterocycles. The van der Waals surface area contributed by atoms with Crippen molar-refractivity contribution >= 4 is 17.7 Å². The molecule has 1 aromatic heterocycles. The van der Waals surface area contributed by atoms with Crippen molar-refractivity contribution in [1.82, 2.24) is 9.97 Å². The Bertz CT molecular complexity index is 719. The van der Waals surface area contributed by atoms with E-state index in [1.54, 1.807) is 39.1 Å². The van der Waals surface area contributed by atoms with Gasteiger partial charge in [-0.25, -0.2) is 9.78 Å². The lowest BCUT2D eigenvalue weighted by molar-refractivity contribution is 0.0635. The Hall–Kier alpha value is -2.90. The Labute approximate surface area is 133 Å². The van der Waals surface area contributed by atoms with Gasteiger partial charge in [-0.2, -0.15) is 0 Å². The third-order valence-corrected chi connectivity index (χ3v) is 2.84. The number of hydrogen-bond donors (Lipinski definition) is 4. The topological polar surface area (TPSA) is 122 Å². The molecule has 0 fully saturated rings. The van der Waals surface area contributed by atoms with Gasteiger partial charge in [-0.1, -0.05) is 0 Å².